The highest BCUT2D eigenvalue weighted by Crippen LogP contribution is 2.43. The number of fused-ring (bicyclic) bond motifs is 1. The fourth-order valence-corrected chi connectivity index (χ4v) is 4.16. The van der Waals surface area contributed by atoms with Gasteiger partial charge < -0.3 is 26.1 Å². The fourth-order valence-electron chi connectivity index (χ4n) is 4.16. The van der Waals surface area contributed by atoms with Gasteiger partial charge in [0.25, 0.3) is 5.91 Å². The number of aryl methyl sites for hydroxylation is 1. The van der Waals surface area contributed by atoms with Crippen LogP contribution in [0.15, 0.2) is 66.7 Å². The zero-order valence-corrected chi connectivity index (χ0v) is 17.6. The average Bonchev–Trinajstić information content (AvgIpc) is 3.35. The predicted molar refractivity (Wildman–Crippen MR) is 126 cm³/mol. The van der Waals surface area contributed by atoms with E-state index in [0.29, 0.717) is 22.9 Å². The fraction of sp³-hybridized carbons (Fsp3) is 0.120. The molecule has 7 heteroatoms. The van der Waals surface area contributed by atoms with E-state index in [1.165, 1.54) is 0 Å². The summed E-state index contributed by atoms with van der Waals surface area (Å²) in [7, 11) is 0. The summed E-state index contributed by atoms with van der Waals surface area (Å²) in [6, 6.07) is 20.9. The number of rotatable bonds is 5. The molecule has 4 aromatic rings. The van der Waals surface area contributed by atoms with Crippen molar-refractivity contribution in [3.05, 3.63) is 78.0 Å². The first-order valence-electron chi connectivity index (χ1n) is 10.4. The number of nitrogens with two attached hydrogens (primary N) is 2. The molecule has 0 bridgehead atoms. The van der Waals surface area contributed by atoms with Gasteiger partial charge in [-0.25, -0.2) is 4.98 Å². The van der Waals surface area contributed by atoms with Crippen LogP contribution < -0.4 is 21.5 Å². The van der Waals surface area contributed by atoms with Crippen molar-refractivity contribution in [3.63, 3.8) is 0 Å². The Bertz CT molecular complexity index is 1310. The van der Waals surface area contributed by atoms with Gasteiger partial charge in [0.2, 0.25) is 5.88 Å². The highest BCUT2D eigenvalue weighted by atomic mass is 16.5. The molecule has 2 aromatic carbocycles. The van der Waals surface area contributed by atoms with Crippen LogP contribution in [0.1, 0.15) is 16.1 Å². The van der Waals surface area contributed by atoms with E-state index in [1.807, 2.05) is 73.7 Å². The van der Waals surface area contributed by atoms with Gasteiger partial charge in [0, 0.05) is 36.1 Å². The number of nitrogens with one attached hydrogen (secondary N) is 1. The Morgan fingerprint density at radius 1 is 1.03 bits per heavy atom. The molecular formula is C25H23N5O2. The van der Waals surface area contributed by atoms with Gasteiger partial charge in [0.15, 0.2) is 0 Å². The normalized spacial score (nSPS) is 12.3. The van der Waals surface area contributed by atoms with Gasteiger partial charge >= 0.3 is 0 Å². The lowest BCUT2D eigenvalue weighted by atomic mass is 9.96. The molecule has 0 saturated heterocycles. The van der Waals surface area contributed by atoms with Gasteiger partial charge in [-0.1, -0.05) is 30.3 Å². The second-order valence-corrected chi connectivity index (χ2v) is 7.76. The quantitative estimate of drug-likeness (QED) is 0.410. The largest absolute Gasteiger partial charge is 0.439 e. The molecule has 1 aliphatic heterocycles. The van der Waals surface area contributed by atoms with Gasteiger partial charge in [0.05, 0.1) is 11.3 Å². The number of ether oxygens (including phenoxy) is 1. The number of carbonyl (C=O) groups excluding carboxylic acids is 1. The number of benzene rings is 2. The first-order chi connectivity index (χ1) is 15.5. The molecule has 1 amide bonds. The van der Waals surface area contributed by atoms with Crippen LogP contribution in [0.2, 0.25) is 0 Å². The lowest BCUT2D eigenvalue weighted by Crippen LogP contribution is -2.13. The van der Waals surface area contributed by atoms with E-state index < -0.39 is 5.91 Å². The maximum atomic E-state index is 12.5. The first kappa shape index (κ1) is 19.7. The lowest BCUT2D eigenvalue weighted by molar-refractivity contribution is 0.100. The molecule has 7 nitrogen and oxygen atoms in total. The highest BCUT2D eigenvalue weighted by Gasteiger charge is 2.30. The minimum Gasteiger partial charge on any atom is -0.439 e. The first-order valence-corrected chi connectivity index (χ1v) is 10.4. The van der Waals surface area contributed by atoms with Gasteiger partial charge in [-0.15, -0.1) is 0 Å². The minimum atomic E-state index is -0.468. The molecule has 1 aliphatic rings. The average molecular weight is 425 g/mol. The number of nitrogens with zero attached hydrogens (tertiary/aromatic N) is 2. The number of amides is 1. The van der Waals surface area contributed by atoms with Crippen molar-refractivity contribution in [2.75, 3.05) is 17.6 Å². The van der Waals surface area contributed by atoms with Crippen LogP contribution in [-0.2, 0) is 6.54 Å². The molecule has 3 heterocycles. The van der Waals surface area contributed by atoms with E-state index in [2.05, 4.69) is 14.9 Å². The van der Waals surface area contributed by atoms with Gasteiger partial charge in [0.1, 0.15) is 11.6 Å². The molecule has 0 fully saturated rings. The van der Waals surface area contributed by atoms with E-state index in [4.69, 9.17) is 16.2 Å². The van der Waals surface area contributed by atoms with Crippen molar-refractivity contribution in [3.8, 4) is 34.0 Å². The molecule has 32 heavy (non-hydrogen) atoms. The van der Waals surface area contributed by atoms with Crippen molar-refractivity contribution in [1.82, 2.24) is 9.55 Å². The van der Waals surface area contributed by atoms with Crippen molar-refractivity contribution >= 4 is 17.4 Å². The number of nitrogen functional groups attached to an aromatic ring is 1. The summed E-state index contributed by atoms with van der Waals surface area (Å²) < 4.78 is 8.00. The number of aromatic nitrogens is 2. The van der Waals surface area contributed by atoms with E-state index in [-0.39, 0.29) is 0 Å². The number of anilines is 2. The number of carbonyl (C=O) groups is 1. The number of hydrogen-bond acceptors (Lipinski definition) is 5. The lowest BCUT2D eigenvalue weighted by Gasteiger charge is -2.12. The molecule has 2 aromatic heterocycles. The molecule has 0 saturated carbocycles. The van der Waals surface area contributed by atoms with Crippen molar-refractivity contribution in [2.24, 2.45) is 5.73 Å². The van der Waals surface area contributed by atoms with Crippen LogP contribution in [-0.4, -0.2) is 22.0 Å². The van der Waals surface area contributed by atoms with Crippen LogP contribution in [0.25, 0.3) is 22.4 Å². The Morgan fingerprint density at radius 2 is 1.75 bits per heavy atom. The molecule has 160 valence electrons. The number of pyridine rings is 1. The molecule has 0 aliphatic carbocycles. The molecule has 5 rings (SSSR count). The SMILES string of the molecule is Cc1cccc(Oc2ccc(-c3c(C(N)=O)c4n(c3-c3ccc(N)cc3)CCN4)cc2)n1. The third kappa shape index (κ3) is 3.43. The highest BCUT2D eigenvalue weighted by molar-refractivity contribution is 6.09. The van der Waals surface area contributed by atoms with E-state index in [9.17, 15) is 4.79 Å². The third-order valence-electron chi connectivity index (χ3n) is 5.55. The van der Waals surface area contributed by atoms with Crippen LogP contribution >= 0.6 is 0 Å². The van der Waals surface area contributed by atoms with E-state index in [0.717, 1.165) is 47.0 Å². The Labute approximate surface area is 185 Å². The zero-order chi connectivity index (χ0) is 22.2. The summed E-state index contributed by atoms with van der Waals surface area (Å²) in [5, 5.41) is 3.32. The van der Waals surface area contributed by atoms with Crippen molar-refractivity contribution in [2.45, 2.75) is 13.5 Å². The monoisotopic (exact) mass is 425 g/mol. The maximum absolute atomic E-state index is 12.5. The van der Waals surface area contributed by atoms with Gasteiger partial charge in [-0.2, -0.15) is 0 Å². The topological polar surface area (TPSA) is 108 Å². The van der Waals surface area contributed by atoms with Crippen LogP contribution in [0.4, 0.5) is 11.5 Å². The summed E-state index contributed by atoms with van der Waals surface area (Å²) >= 11 is 0. The Morgan fingerprint density at radius 3 is 2.44 bits per heavy atom. The number of primary amides is 1. The van der Waals surface area contributed by atoms with Crippen molar-refractivity contribution < 1.29 is 9.53 Å². The molecule has 0 unspecified atom stereocenters. The van der Waals surface area contributed by atoms with Crippen LogP contribution in [0.5, 0.6) is 11.6 Å². The van der Waals surface area contributed by atoms with E-state index >= 15 is 0 Å². The summed E-state index contributed by atoms with van der Waals surface area (Å²) in [6.07, 6.45) is 0. The van der Waals surface area contributed by atoms with Gasteiger partial charge in [-0.3, -0.25) is 4.79 Å². The van der Waals surface area contributed by atoms with Crippen molar-refractivity contribution in [1.29, 1.82) is 0 Å². The summed E-state index contributed by atoms with van der Waals surface area (Å²) in [6.45, 7) is 3.41. The Hall–Kier alpha value is -4.26. The Kier molecular flexibility index (Phi) is 4.78. The van der Waals surface area contributed by atoms with E-state index in [1.54, 1.807) is 0 Å². The maximum Gasteiger partial charge on any atom is 0.253 e. The Balaban J connectivity index is 1.61. The minimum absolute atomic E-state index is 0.468. The smallest absolute Gasteiger partial charge is 0.253 e. The van der Waals surface area contributed by atoms with Crippen LogP contribution in [0, 0.1) is 6.92 Å². The summed E-state index contributed by atoms with van der Waals surface area (Å²) in [4.78, 5) is 16.9. The second kappa shape index (κ2) is 7.77. The molecular weight excluding hydrogens is 402 g/mol. The standard InChI is InChI=1S/C25H23N5O2/c1-15-3-2-4-20(29-15)32-19-11-7-16(8-12-19)21-22(24(27)31)25-28-13-14-30(25)23(21)17-5-9-18(26)10-6-17/h2-12,28H,13-14,26H2,1H3,(H2,27,31). The number of hydrogen-bond donors (Lipinski definition) is 3. The second-order valence-electron chi connectivity index (χ2n) is 7.76. The zero-order valence-electron chi connectivity index (χ0n) is 17.6. The molecule has 5 N–H and O–H groups in total. The summed E-state index contributed by atoms with van der Waals surface area (Å²) in [5.41, 5.74) is 17.4. The van der Waals surface area contributed by atoms with Crippen LogP contribution in [0.3, 0.4) is 0 Å². The third-order valence-corrected chi connectivity index (χ3v) is 5.55. The molecule has 0 spiro atoms. The molecule has 0 radical (unpaired) electrons. The summed E-state index contributed by atoms with van der Waals surface area (Å²) in [5.74, 6) is 1.48. The van der Waals surface area contributed by atoms with Gasteiger partial charge in [-0.05, 0) is 48.4 Å². The predicted octanol–water partition coefficient (Wildman–Crippen LogP) is 4.42. The molecule has 0 atom stereocenters.